The summed E-state index contributed by atoms with van der Waals surface area (Å²) in [6, 6.07) is 39.0. The summed E-state index contributed by atoms with van der Waals surface area (Å²) in [4.78, 5) is 4.99. The molecule has 0 bridgehead atoms. The fourth-order valence-corrected chi connectivity index (χ4v) is 7.67. The minimum atomic E-state index is 0.0606. The molecule has 0 radical (unpaired) electrons. The minimum absolute atomic E-state index is 0.0606. The van der Waals surface area contributed by atoms with Crippen LogP contribution in [0.15, 0.2) is 133 Å². The molecule has 0 saturated heterocycles. The molecule has 4 aliphatic heterocycles. The molecule has 0 amide bonds. The second kappa shape index (κ2) is 7.73. The van der Waals surface area contributed by atoms with Crippen molar-refractivity contribution in [1.29, 1.82) is 0 Å². The first-order chi connectivity index (χ1) is 20.3. The van der Waals surface area contributed by atoms with Crippen LogP contribution in [0.3, 0.4) is 0 Å². The molecule has 0 spiro atoms. The van der Waals surface area contributed by atoms with E-state index in [1.54, 1.807) is 0 Å². The lowest BCUT2D eigenvalue weighted by molar-refractivity contribution is 0.359. The SMILES string of the molecule is C1=CC2B3c4cccc5c4N(c4ccccc4O5)c4cc(-c5ccccc5)cc(c43)N3c4ccccc4OC(=C1)C23. The summed E-state index contributed by atoms with van der Waals surface area (Å²) in [5.74, 6) is 3.88. The van der Waals surface area contributed by atoms with Gasteiger partial charge in [-0.15, -0.1) is 0 Å². The summed E-state index contributed by atoms with van der Waals surface area (Å²) in [6.07, 6.45) is 6.71. The number of rotatable bonds is 1. The number of hydrogen-bond donors (Lipinski definition) is 0. The van der Waals surface area contributed by atoms with Crippen molar-refractivity contribution in [2.75, 3.05) is 9.80 Å². The molecular weight excluding hydrogens is 503 g/mol. The maximum Gasteiger partial charge on any atom is 0.227 e. The molecule has 10 rings (SSSR count). The Morgan fingerprint density at radius 1 is 0.610 bits per heavy atom. The highest BCUT2D eigenvalue weighted by Crippen LogP contribution is 2.57. The van der Waals surface area contributed by atoms with Gasteiger partial charge >= 0.3 is 0 Å². The number of hydrogen-bond acceptors (Lipinski definition) is 4. The third-order valence-electron chi connectivity index (χ3n) is 9.24. The summed E-state index contributed by atoms with van der Waals surface area (Å²) in [5.41, 5.74) is 10.8. The van der Waals surface area contributed by atoms with E-state index in [4.69, 9.17) is 9.47 Å². The summed E-state index contributed by atoms with van der Waals surface area (Å²) in [6.45, 7) is 0.153. The second-order valence-corrected chi connectivity index (χ2v) is 11.3. The van der Waals surface area contributed by atoms with E-state index < -0.39 is 0 Å². The maximum atomic E-state index is 6.59. The van der Waals surface area contributed by atoms with Crippen molar-refractivity contribution in [1.82, 2.24) is 0 Å². The number of nitrogens with zero attached hydrogens (tertiary/aromatic N) is 2. The van der Waals surface area contributed by atoms with Gasteiger partial charge < -0.3 is 19.3 Å². The largest absolute Gasteiger partial charge is 0.457 e. The van der Waals surface area contributed by atoms with Gasteiger partial charge in [-0.2, -0.15) is 0 Å². The van der Waals surface area contributed by atoms with E-state index in [1.165, 1.54) is 33.4 Å². The third kappa shape index (κ3) is 2.75. The first-order valence-corrected chi connectivity index (χ1v) is 14.2. The predicted octanol–water partition coefficient (Wildman–Crippen LogP) is 7.59. The average molecular weight is 526 g/mol. The smallest absolute Gasteiger partial charge is 0.227 e. The Kier molecular flexibility index (Phi) is 4.08. The lowest BCUT2D eigenvalue weighted by Crippen LogP contribution is -2.63. The molecular formula is C36H23BN2O2. The summed E-state index contributed by atoms with van der Waals surface area (Å²) in [7, 11) is 0. The number of fused-ring (bicyclic) bond motifs is 8. The van der Waals surface area contributed by atoms with Crippen LogP contribution in [0.5, 0.6) is 17.2 Å². The number of allylic oxidation sites excluding steroid dienone is 2. The third-order valence-corrected chi connectivity index (χ3v) is 9.24. The van der Waals surface area contributed by atoms with E-state index >= 15 is 0 Å². The molecule has 5 aliphatic rings. The highest BCUT2D eigenvalue weighted by molar-refractivity contribution is 6.91. The molecule has 0 fully saturated rings. The van der Waals surface area contributed by atoms with Crippen molar-refractivity contribution in [2.45, 2.75) is 11.9 Å². The first-order valence-electron chi connectivity index (χ1n) is 14.2. The Morgan fingerprint density at radius 2 is 1.34 bits per heavy atom. The molecule has 192 valence electrons. The minimum Gasteiger partial charge on any atom is -0.457 e. The van der Waals surface area contributed by atoms with Crippen molar-refractivity contribution < 1.29 is 9.47 Å². The molecule has 0 saturated carbocycles. The van der Waals surface area contributed by atoms with Crippen molar-refractivity contribution in [3.63, 3.8) is 0 Å². The van der Waals surface area contributed by atoms with E-state index in [-0.39, 0.29) is 18.6 Å². The topological polar surface area (TPSA) is 24.9 Å². The Balaban J connectivity index is 1.36. The quantitative estimate of drug-likeness (QED) is 0.206. The average Bonchev–Trinajstić information content (AvgIpc) is 3.03. The van der Waals surface area contributed by atoms with Crippen molar-refractivity contribution in [3.8, 4) is 28.4 Å². The lowest BCUT2D eigenvalue weighted by Gasteiger charge is -2.53. The predicted molar refractivity (Wildman–Crippen MR) is 166 cm³/mol. The zero-order valence-electron chi connectivity index (χ0n) is 22.1. The molecule has 5 heteroatoms. The van der Waals surface area contributed by atoms with Gasteiger partial charge in [0.1, 0.15) is 5.76 Å². The molecule has 0 aromatic heterocycles. The molecule has 4 nitrogen and oxygen atoms in total. The fourth-order valence-electron chi connectivity index (χ4n) is 7.67. The van der Waals surface area contributed by atoms with Gasteiger partial charge in [0.25, 0.3) is 0 Å². The van der Waals surface area contributed by atoms with Crippen LogP contribution in [-0.2, 0) is 0 Å². The molecule has 2 atom stereocenters. The zero-order chi connectivity index (χ0) is 26.7. The Hall–Kier alpha value is -5.16. The Labute approximate surface area is 238 Å². The Morgan fingerprint density at radius 3 is 2.22 bits per heavy atom. The standard InChI is InChI=1S/C36H23BN2O2/c1-2-10-22(11-3-1)23-20-28-34-29(21-23)39-27-15-5-7-17-31(27)41-33-19-9-13-25(36(33)39)37(34)24-12-8-18-32-35(24)38(28)26-14-4-6-16-30(26)40-32/h1-21,24,35H. The van der Waals surface area contributed by atoms with Crippen LogP contribution in [0.2, 0.25) is 5.82 Å². The van der Waals surface area contributed by atoms with Gasteiger partial charge in [-0.1, -0.05) is 78.9 Å². The number of ether oxygens (including phenoxy) is 2. The van der Waals surface area contributed by atoms with Gasteiger partial charge in [-0.25, -0.2) is 0 Å². The van der Waals surface area contributed by atoms with Crippen LogP contribution in [0.1, 0.15) is 0 Å². The maximum absolute atomic E-state index is 6.59. The van der Waals surface area contributed by atoms with E-state index in [9.17, 15) is 0 Å². The van der Waals surface area contributed by atoms with Gasteiger partial charge in [0.15, 0.2) is 17.2 Å². The normalized spacial score (nSPS) is 19.5. The molecule has 5 aromatic rings. The highest BCUT2D eigenvalue weighted by atomic mass is 16.5. The van der Waals surface area contributed by atoms with Gasteiger partial charge in [0.05, 0.1) is 23.1 Å². The highest BCUT2D eigenvalue weighted by Gasteiger charge is 2.54. The molecule has 0 N–H and O–H groups in total. The van der Waals surface area contributed by atoms with Crippen molar-refractivity contribution in [3.05, 3.63) is 133 Å². The number of benzene rings is 5. The van der Waals surface area contributed by atoms with Crippen LogP contribution in [0.4, 0.5) is 28.4 Å². The monoisotopic (exact) mass is 526 g/mol. The van der Waals surface area contributed by atoms with Gasteiger partial charge in [0, 0.05) is 11.4 Å². The van der Waals surface area contributed by atoms with Crippen molar-refractivity contribution >= 4 is 46.1 Å². The molecule has 4 heterocycles. The molecule has 2 unspecified atom stereocenters. The van der Waals surface area contributed by atoms with E-state index in [0.29, 0.717) is 0 Å². The molecule has 1 aliphatic carbocycles. The van der Waals surface area contributed by atoms with Crippen LogP contribution in [0.25, 0.3) is 11.1 Å². The first kappa shape index (κ1) is 21.6. The van der Waals surface area contributed by atoms with Gasteiger partial charge in [-0.3, -0.25) is 0 Å². The Bertz CT molecular complexity index is 2000. The van der Waals surface area contributed by atoms with Crippen molar-refractivity contribution in [2.24, 2.45) is 0 Å². The second-order valence-electron chi connectivity index (χ2n) is 11.3. The van der Waals surface area contributed by atoms with Crippen LogP contribution in [0, 0.1) is 0 Å². The zero-order valence-corrected chi connectivity index (χ0v) is 22.1. The summed E-state index contributed by atoms with van der Waals surface area (Å²) >= 11 is 0. The van der Waals surface area contributed by atoms with E-state index in [2.05, 4.69) is 131 Å². The van der Waals surface area contributed by atoms with Crippen LogP contribution in [-0.4, -0.2) is 12.8 Å². The van der Waals surface area contributed by atoms with E-state index in [1.807, 2.05) is 6.07 Å². The van der Waals surface area contributed by atoms with Gasteiger partial charge in [0.2, 0.25) is 6.71 Å². The van der Waals surface area contributed by atoms with Crippen LogP contribution >= 0.6 is 0 Å². The van der Waals surface area contributed by atoms with E-state index in [0.717, 1.165) is 40.1 Å². The van der Waals surface area contributed by atoms with Crippen LogP contribution < -0.4 is 30.2 Å². The summed E-state index contributed by atoms with van der Waals surface area (Å²) in [5, 5.41) is 0. The summed E-state index contributed by atoms with van der Waals surface area (Å²) < 4.78 is 13.1. The van der Waals surface area contributed by atoms with Gasteiger partial charge in [-0.05, 0) is 76.4 Å². The number of anilines is 5. The molecule has 41 heavy (non-hydrogen) atoms. The fraction of sp³-hybridized carbons (Fsp3) is 0.0556. The molecule has 5 aromatic carbocycles. The lowest BCUT2D eigenvalue weighted by atomic mass is 9.29. The number of para-hydroxylation sites is 5.